The maximum Gasteiger partial charge on any atom is 0.455 e. The maximum absolute atomic E-state index is 14.6. The van der Waals surface area contributed by atoms with Gasteiger partial charge in [0.15, 0.2) is 16.0 Å². The SMILES string of the molecule is N#CC1(NC(=O)[C@H](CS(=O)(=O)Cc2cccc[n+]2[O-])N[C@@H](c2ccc(F)cc2)C(F)(F)C(F)(F)F)CC1. The summed E-state index contributed by atoms with van der Waals surface area (Å²) in [6.07, 6.45) is -4.82. The van der Waals surface area contributed by atoms with Crippen LogP contribution in [0.15, 0.2) is 48.7 Å². The van der Waals surface area contributed by atoms with Crippen LogP contribution in [0.4, 0.5) is 26.3 Å². The van der Waals surface area contributed by atoms with Crippen LogP contribution in [0.3, 0.4) is 0 Å². The molecular formula is C22H20F6N4O4S. The van der Waals surface area contributed by atoms with Gasteiger partial charge in [-0.15, -0.1) is 0 Å². The molecule has 2 N–H and O–H groups in total. The van der Waals surface area contributed by atoms with Gasteiger partial charge in [-0.3, -0.25) is 10.1 Å². The number of hydrogen-bond acceptors (Lipinski definition) is 6. The molecule has 1 heterocycles. The van der Waals surface area contributed by atoms with Gasteiger partial charge in [-0.2, -0.15) is 31.9 Å². The number of halogens is 6. The van der Waals surface area contributed by atoms with Crippen LogP contribution in [0.5, 0.6) is 0 Å². The lowest BCUT2D eigenvalue weighted by atomic mass is 9.98. The summed E-state index contributed by atoms with van der Waals surface area (Å²) in [5.74, 6) is -10.0. The first kappa shape index (κ1) is 28.2. The standard InChI is InChI=1S/C22H20F6N4O4S/c23-15-6-4-14(5-7-15)18(21(24,25)22(26,27)28)30-17(19(33)31-20(13-29)8-9-20)12-37(35,36)11-16-3-1-2-10-32(16)34/h1-7,10,17-18,30H,8-9,11-12H2,(H,31,33)/t17-,18-/m0/s1. The summed E-state index contributed by atoms with van der Waals surface area (Å²) >= 11 is 0. The smallest absolute Gasteiger partial charge is 0.455 e. The Morgan fingerprint density at radius 1 is 1.14 bits per heavy atom. The Hall–Kier alpha value is -3.38. The molecule has 1 aliphatic carbocycles. The van der Waals surface area contributed by atoms with Crippen molar-refractivity contribution in [1.82, 2.24) is 10.6 Å². The second-order valence-electron chi connectivity index (χ2n) is 8.58. The van der Waals surface area contributed by atoms with E-state index >= 15 is 0 Å². The fourth-order valence-electron chi connectivity index (χ4n) is 3.46. The topological polar surface area (TPSA) is 126 Å². The van der Waals surface area contributed by atoms with E-state index in [1.54, 1.807) is 11.4 Å². The monoisotopic (exact) mass is 550 g/mol. The second kappa shape index (κ2) is 10.2. The summed E-state index contributed by atoms with van der Waals surface area (Å²) in [6.45, 7) is 0. The molecule has 15 heteroatoms. The summed E-state index contributed by atoms with van der Waals surface area (Å²) in [5, 5.41) is 25.1. The van der Waals surface area contributed by atoms with Gasteiger partial charge in [-0.1, -0.05) is 12.1 Å². The minimum atomic E-state index is -6.14. The minimum Gasteiger partial charge on any atom is -0.618 e. The molecule has 3 rings (SSSR count). The Balaban J connectivity index is 1.99. The van der Waals surface area contributed by atoms with E-state index in [1.807, 2.05) is 0 Å². The predicted molar refractivity (Wildman–Crippen MR) is 116 cm³/mol. The summed E-state index contributed by atoms with van der Waals surface area (Å²) in [5.41, 5.74) is -2.47. The number of aromatic nitrogens is 1. The van der Waals surface area contributed by atoms with Crippen molar-refractivity contribution < 1.29 is 44.3 Å². The number of alkyl halides is 5. The highest BCUT2D eigenvalue weighted by Gasteiger charge is 2.63. The van der Waals surface area contributed by atoms with E-state index in [-0.39, 0.29) is 23.3 Å². The molecule has 0 unspecified atom stereocenters. The molecule has 1 amide bonds. The lowest BCUT2D eigenvalue weighted by Gasteiger charge is -2.33. The number of amides is 1. The summed E-state index contributed by atoms with van der Waals surface area (Å²) < 4.78 is 108. The highest BCUT2D eigenvalue weighted by molar-refractivity contribution is 7.90. The zero-order valence-corrected chi connectivity index (χ0v) is 19.6. The molecule has 1 fully saturated rings. The van der Waals surface area contributed by atoms with Crippen molar-refractivity contribution in [3.8, 4) is 6.07 Å². The van der Waals surface area contributed by atoms with E-state index in [2.05, 4.69) is 5.32 Å². The van der Waals surface area contributed by atoms with Crippen molar-refractivity contribution in [1.29, 1.82) is 5.26 Å². The van der Waals surface area contributed by atoms with E-state index in [1.165, 1.54) is 12.1 Å². The van der Waals surface area contributed by atoms with Gasteiger partial charge in [0, 0.05) is 12.1 Å². The summed E-state index contributed by atoms with van der Waals surface area (Å²) in [7, 11) is -4.47. The molecule has 0 aliphatic heterocycles. The van der Waals surface area contributed by atoms with Gasteiger partial charge in [0.25, 0.3) is 0 Å². The molecule has 1 aliphatic rings. The van der Waals surface area contributed by atoms with Gasteiger partial charge in [0.1, 0.15) is 29.2 Å². The number of benzene rings is 1. The van der Waals surface area contributed by atoms with Crippen molar-refractivity contribution in [2.45, 2.75) is 48.3 Å². The van der Waals surface area contributed by atoms with Crippen molar-refractivity contribution in [2.24, 2.45) is 0 Å². The number of hydrogen-bond donors (Lipinski definition) is 2. The predicted octanol–water partition coefficient (Wildman–Crippen LogP) is 2.44. The molecule has 8 nitrogen and oxygen atoms in total. The Kier molecular flexibility index (Phi) is 7.75. The van der Waals surface area contributed by atoms with Crippen LogP contribution >= 0.6 is 0 Å². The van der Waals surface area contributed by atoms with Crippen molar-refractivity contribution in [3.05, 3.63) is 70.9 Å². The first-order valence-corrected chi connectivity index (χ1v) is 12.5. The van der Waals surface area contributed by atoms with Crippen LogP contribution in [0.2, 0.25) is 0 Å². The number of nitriles is 1. The van der Waals surface area contributed by atoms with Gasteiger partial charge in [0.2, 0.25) is 11.6 Å². The van der Waals surface area contributed by atoms with Gasteiger partial charge < -0.3 is 10.5 Å². The van der Waals surface area contributed by atoms with Crippen molar-refractivity contribution in [3.63, 3.8) is 0 Å². The molecule has 200 valence electrons. The quantitative estimate of drug-likeness (QED) is 0.266. The zero-order valence-electron chi connectivity index (χ0n) is 18.8. The molecule has 2 aromatic rings. The Bertz CT molecular complexity index is 1290. The molecule has 37 heavy (non-hydrogen) atoms. The largest absolute Gasteiger partial charge is 0.618 e. The van der Waals surface area contributed by atoms with Crippen LogP contribution in [-0.4, -0.2) is 43.8 Å². The average Bonchev–Trinajstić information content (AvgIpc) is 3.57. The lowest BCUT2D eigenvalue weighted by molar-refractivity contribution is -0.612. The lowest BCUT2D eigenvalue weighted by Crippen LogP contribution is -2.57. The van der Waals surface area contributed by atoms with E-state index in [0.717, 1.165) is 12.3 Å². The molecule has 1 saturated carbocycles. The first-order valence-electron chi connectivity index (χ1n) is 10.7. The number of nitrogens with one attached hydrogen (secondary N) is 2. The van der Waals surface area contributed by atoms with Crippen LogP contribution in [0.25, 0.3) is 0 Å². The first-order chi connectivity index (χ1) is 17.1. The third kappa shape index (κ3) is 6.69. The van der Waals surface area contributed by atoms with E-state index in [0.29, 0.717) is 24.3 Å². The van der Waals surface area contributed by atoms with Gasteiger partial charge in [0.05, 0.1) is 11.8 Å². The average molecular weight is 550 g/mol. The fourth-order valence-corrected chi connectivity index (χ4v) is 5.00. The highest BCUT2D eigenvalue weighted by Crippen LogP contribution is 2.45. The number of carbonyl (C=O) groups is 1. The van der Waals surface area contributed by atoms with E-state index in [9.17, 15) is 50.0 Å². The van der Waals surface area contributed by atoms with Crippen LogP contribution in [0.1, 0.15) is 30.1 Å². The number of pyridine rings is 1. The summed E-state index contributed by atoms with van der Waals surface area (Å²) in [6, 6.07) is 2.90. The fraction of sp³-hybridized carbons (Fsp3) is 0.409. The van der Waals surface area contributed by atoms with Gasteiger partial charge in [-0.25, -0.2) is 12.8 Å². The molecule has 0 saturated heterocycles. The maximum atomic E-state index is 14.6. The Morgan fingerprint density at radius 3 is 2.27 bits per heavy atom. The number of sulfone groups is 1. The van der Waals surface area contributed by atoms with Gasteiger partial charge in [-0.05, 0) is 36.6 Å². The highest BCUT2D eigenvalue weighted by atomic mass is 32.2. The third-order valence-corrected chi connectivity index (χ3v) is 7.22. The Labute approximate surface area is 207 Å². The second-order valence-corrected chi connectivity index (χ2v) is 10.7. The molecular weight excluding hydrogens is 530 g/mol. The number of nitrogens with zero attached hydrogens (tertiary/aromatic N) is 2. The zero-order chi connectivity index (χ0) is 27.6. The summed E-state index contributed by atoms with van der Waals surface area (Å²) in [4.78, 5) is 12.9. The Morgan fingerprint density at radius 2 is 1.76 bits per heavy atom. The van der Waals surface area contributed by atoms with Crippen molar-refractivity contribution in [2.75, 3.05) is 5.75 Å². The molecule has 2 atom stereocenters. The minimum absolute atomic E-state index is 0.162. The van der Waals surface area contributed by atoms with Gasteiger partial charge >= 0.3 is 12.1 Å². The normalized spacial score (nSPS) is 16.9. The molecule has 1 aromatic heterocycles. The van der Waals surface area contributed by atoms with E-state index in [4.69, 9.17) is 0 Å². The molecule has 1 aromatic carbocycles. The van der Waals surface area contributed by atoms with Crippen molar-refractivity contribution >= 4 is 15.7 Å². The van der Waals surface area contributed by atoms with Crippen LogP contribution < -0.4 is 15.4 Å². The molecule has 0 spiro atoms. The number of rotatable bonds is 10. The third-order valence-electron chi connectivity index (χ3n) is 5.65. The number of carbonyl (C=O) groups excluding carboxylic acids is 1. The van der Waals surface area contributed by atoms with Crippen LogP contribution in [-0.2, 0) is 20.4 Å². The van der Waals surface area contributed by atoms with Crippen LogP contribution in [0, 0.1) is 22.4 Å². The molecule has 0 radical (unpaired) electrons. The van der Waals surface area contributed by atoms with E-state index < -0.39 is 68.4 Å². The molecule has 0 bridgehead atoms.